The molecule has 1 aliphatic heterocycles. The highest BCUT2D eigenvalue weighted by molar-refractivity contribution is 7.13. The van der Waals surface area contributed by atoms with Gasteiger partial charge in [0.15, 0.2) is 5.13 Å². The van der Waals surface area contributed by atoms with Crippen LogP contribution in [0.1, 0.15) is 47.6 Å². The number of phenols is 1. The van der Waals surface area contributed by atoms with Gasteiger partial charge in [-0.15, -0.1) is 11.3 Å². The predicted molar refractivity (Wildman–Crippen MR) is 112 cm³/mol. The van der Waals surface area contributed by atoms with Crippen LogP contribution >= 0.6 is 11.3 Å². The number of aromatic carboxylic acids is 1. The van der Waals surface area contributed by atoms with Gasteiger partial charge in [-0.2, -0.15) is 0 Å². The van der Waals surface area contributed by atoms with Crippen LogP contribution in [0.25, 0.3) is 11.3 Å². The van der Waals surface area contributed by atoms with Crippen molar-refractivity contribution in [3.8, 4) is 17.1 Å². The lowest BCUT2D eigenvalue weighted by Crippen LogP contribution is -2.22. The molecule has 1 aromatic carbocycles. The standard InChI is InChI=1S/C21H21N3O5S/c1-12(25)22-21-23-16(11-30-21)17-3-2-8-24(17)10-14-5-7-19(29-14)13-4-6-15(20(27)28)18(26)9-13/h4-7,9,11,17,26H,2-3,8,10H2,1H3,(H,27,28)(H,22,23,25). The van der Waals surface area contributed by atoms with Crippen molar-refractivity contribution in [3.05, 3.63) is 52.7 Å². The zero-order valence-electron chi connectivity index (χ0n) is 16.3. The van der Waals surface area contributed by atoms with Crippen molar-refractivity contribution < 1.29 is 24.2 Å². The summed E-state index contributed by atoms with van der Waals surface area (Å²) in [5.41, 5.74) is 1.41. The number of anilines is 1. The van der Waals surface area contributed by atoms with E-state index in [1.54, 1.807) is 6.07 Å². The van der Waals surface area contributed by atoms with E-state index in [0.29, 0.717) is 23.0 Å². The fraction of sp³-hybridized carbons (Fsp3) is 0.286. The minimum absolute atomic E-state index is 0.135. The van der Waals surface area contributed by atoms with E-state index in [9.17, 15) is 14.7 Å². The van der Waals surface area contributed by atoms with Crippen LogP contribution in [0.4, 0.5) is 5.13 Å². The van der Waals surface area contributed by atoms with Gasteiger partial charge in [0.2, 0.25) is 5.91 Å². The minimum Gasteiger partial charge on any atom is -0.507 e. The fourth-order valence-electron chi connectivity index (χ4n) is 3.68. The zero-order valence-corrected chi connectivity index (χ0v) is 17.1. The van der Waals surface area contributed by atoms with E-state index in [2.05, 4.69) is 15.2 Å². The number of carbonyl (C=O) groups excluding carboxylic acids is 1. The summed E-state index contributed by atoms with van der Waals surface area (Å²) in [5, 5.41) is 24.3. The number of hydrogen-bond acceptors (Lipinski definition) is 7. The Morgan fingerprint density at radius 2 is 2.17 bits per heavy atom. The summed E-state index contributed by atoms with van der Waals surface area (Å²) in [5.74, 6) is -0.269. The van der Waals surface area contributed by atoms with Gasteiger partial charge in [-0.05, 0) is 43.7 Å². The monoisotopic (exact) mass is 427 g/mol. The first-order valence-corrected chi connectivity index (χ1v) is 10.4. The molecule has 0 bridgehead atoms. The molecule has 30 heavy (non-hydrogen) atoms. The summed E-state index contributed by atoms with van der Waals surface area (Å²) >= 11 is 1.42. The molecule has 1 unspecified atom stereocenters. The summed E-state index contributed by atoms with van der Waals surface area (Å²) in [4.78, 5) is 29.1. The van der Waals surface area contributed by atoms with E-state index in [1.165, 1.54) is 30.4 Å². The number of amides is 1. The van der Waals surface area contributed by atoms with Crippen LogP contribution in [0.15, 0.2) is 40.1 Å². The molecule has 1 fully saturated rings. The Balaban J connectivity index is 1.48. The highest BCUT2D eigenvalue weighted by Crippen LogP contribution is 2.35. The molecule has 0 radical (unpaired) electrons. The topological polar surface area (TPSA) is 116 Å². The molecular weight excluding hydrogens is 406 g/mol. The molecule has 0 spiro atoms. The van der Waals surface area contributed by atoms with Gasteiger partial charge in [0, 0.05) is 17.9 Å². The molecule has 1 saturated heterocycles. The van der Waals surface area contributed by atoms with Crippen LogP contribution < -0.4 is 5.32 Å². The number of nitrogens with zero attached hydrogens (tertiary/aromatic N) is 2. The number of aromatic hydroxyl groups is 1. The first kappa shape index (κ1) is 20.1. The Hall–Kier alpha value is -3.17. The van der Waals surface area contributed by atoms with Crippen molar-refractivity contribution >= 4 is 28.3 Å². The van der Waals surface area contributed by atoms with Crippen molar-refractivity contribution in [1.82, 2.24) is 9.88 Å². The molecule has 9 heteroatoms. The van der Waals surface area contributed by atoms with Crippen LogP contribution in [-0.4, -0.2) is 38.5 Å². The van der Waals surface area contributed by atoms with Crippen molar-refractivity contribution in [3.63, 3.8) is 0 Å². The normalized spacial score (nSPS) is 16.6. The number of benzene rings is 1. The molecule has 0 saturated carbocycles. The molecule has 4 rings (SSSR count). The molecule has 3 N–H and O–H groups in total. The minimum atomic E-state index is -1.18. The van der Waals surface area contributed by atoms with Crippen molar-refractivity contribution in [2.24, 2.45) is 0 Å². The quantitative estimate of drug-likeness (QED) is 0.542. The fourth-order valence-corrected chi connectivity index (χ4v) is 4.48. The maximum atomic E-state index is 11.2. The van der Waals surface area contributed by atoms with Crippen LogP contribution in [0.3, 0.4) is 0 Å². The average Bonchev–Trinajstić information content (AvgIpc) is 3.42. The van der Waals surface area contributed by atoms with Gasteiger partial charge in [0.1, 0.15) is 22.8 Å². The molecule has 3 aromatic rings. The van der Waals surface area contributed by atoms with Gasteiger partial charge in [0.25, 0.3) is 0 Å². The number of likely N-dealkylation sites (tertiary alicyclic amines) is 1. The van der Waals surface area contributed by atoms with E-state index in [-0.39, 0.29) is 23.3 Å². The van der Waals surface area contributed by atoms with Crippen LogP contribution in [0, 0.1) is 0 Å². The highest BCUT2D eigenvalue weighted by atomic mass is 32.1. The first-order chi connectivity index (χ1) is 14.4. The van der Waals surface area contributed by atoms with Gasteiger partial charge in [-0.25, -0.2) is 9.78 Å². The third kappa shape index (κ3) is 4.22. The third-order valence-corrected chi connectivity index (χ3v) is 5.82. The number of rotatable bonds is 6. The number of carboxylic acid groups (broad SMARTS) is 1. The predicted octanol–water partition coefficient (Wildman–Crippen LogP) is 4.10. The van der Waals surface area contributed by atoms with Crippen LogP contribution in [-0.2, 0) is 11.3 Å². The van der Waals surface area contributed by atoms with Crippen LogP contribution in [0.5, 0.6) is 5.75 Å². The number of aromatic nitrogens is 1. The number of thiazole rings is 1. The first-order valence-electron chi connectivity index (χ1n) is 9.53. The van der Waals surface area contributed by atoms with E-state index >= 15 is 0 Å². The Morgan fingerprint density at radius 1 is 1.33 bits per heavy atom. The van der Waals surface area contributed by atoms with Crippen molar-refractivity contribution in [1.29, 1.82) is 0 Å². The molecule has 2 aromatic heterocycles. The second-order valence-corrected chi connectivity index (χ2v) is 8.05. The number of nitrogens with one attached hydrogen (secondary N) is 1. The van der Waals surface area contributed by atoms with Gasteiger partial charge < -0.3 is 19.9 Å². The molecule has 156 valence electrons. The van der Waals surface area contributed by atoms with E-state index < -0.39 is 5.97 Å². The second-order valence-electron chi connectivity index (χ2n) is 7.19. The summed E-state index contributed by atoms with van der Waals surface area (Å²) in [6.45, 7) is 2.99. The average molecular weight is 427 g/mol. The maximum Gasteiger partial charge on any atom is 0.339 e. The lowest BCUT2D eigenvalue weighted by molar-refractivity contribution is -0.114. The Morgan fingerprint density at radius 3 is 2.90 bits per heavy atom. The van der Waals surface area contributed by atoms with Gasteiger partial charge >= 0.3 is 5.97 Å². The van der Waals surface area contributed by atoms with Crippen molar-refractivity contribution in [2.75, 3.05) is 11.9 Å². The molecule has 3 heterocycles. The lowest BCUT2D eigenvalue weighted by atomic mass is 10.1. The number of carboxylic acids is 1. The summed E-state index contributed by atoms with van der Waals surface area (Å²) in [6, 6.07) is 8.23. The summed E-state index contributed by atoms with van der Waals surface area (Å²) < 4.78 is 5.95. The van der Waals surface area contributed by atoms with Crippen molar-refractivity contribution in [2.45, 2.75) is 32.4 Å². The Kier molecular flexibility index (Phi) is 5.56. The Bertz CT molecular complexity index is 1090. The van der Waals surface area contributed by atoms with Gasteiger partial charge in [-0.1, -0.05) is 6.07 Å². The van der Waals surface area contributed by atoms with E-state index in [0.717, 1.165) is 30.8 Å². The Labute approximate surface area is 176 Å². The van der Waals surface area contributed by atoms with E-state index in [1.807, 2.05) is 17.5 Å². The number of carbonyl (C=O) groups is 2. The smallest absolute Gasteiger partial charge is 0.339 e. The number of hydrogen-bond donors (Lipinski definition) is 3. The molecule has 1 atom stereocenters. The highest BCUT2D eigenvalue weighted by Gasteiger charge is 2.29. The molecule has 1 amide bonds. The van der Waals surface area contributed by atoms with Crippen LogP contribution in [0.2, 0.25) is 0 Å². The van der Waals surface area contributed by atoms with Gasteiger partial charge in [-0.3, -0.25) is 9.69 Å². The SMILES string of the molecule is CC(=O)Nc1nc(C2CCCN2Cc2ccc(-c3ccc(C(=O)O)c(O)c3)o2)cs1. The molecule has 8 nitrogen and oxygen atoms in total. The summed E-state index contributed by atoms with van der Waals surface area (Å²) in [6.07, 6.45) is 2.04. The largest absolute Gasteiger partial charge is 0.507 e. The van der Waals surface area contributed by atoms with E-state index in [4.69, 9.17) is 9.52 Å². The molecule has 0 aliphatic carbocycles. The van der Waals surface area contributed by atoms with Gasteiger partial charge in [0.05, 0.1) is 18.3 Å². The molecular formula is C21H21N3O5S. The second kappa shape index (κ2) is 8.29. The maximum absolute atomic E-state index is 11.2. The summed E-state index contributed by atoms with van der Waals surface area (Å²) in [7, 11) is 0. The molecule has 1 aliphatic rings. The lowest BCUT2D eigenvalue weighted by Gasteiger charge is -2.21. The third-order valence-electron chi connectivity index (χ3n) is 5.04. The number of furan rings is 1. The zero-order chi connectivity index (χ0) is 21.3.